The van der Waals surface area contributed by atoms with Gasteiger partial charge in [0.15, 0.2) is 0 Å². The molecule has 0 atom stereocenters. The van der Waals surface area contributed by atoms with Crippen LogP contribution in [0.2, 0.25) is 0 Å². The normalized spacial score (nSPS) is 11.2. The van der Waals surface area contributed by atoms with Gasteiger partial charge in [0, 0.05) is 31.5 Å². The van der Waals surface area contributed by atoms with Crippen molar-refractivity contribution in [1.82, 2.24) is 4.72 Å². The molecule has 1 amide bonds. The zero-order valence-corrected chi connectivity index (χ0v) is 16.2. The second-order valence-electron chi connectivity index (χ2n) is 5.68. The molecule has 0 aliphatic carbocycles. The summed E-state index contributed by atoms with van der Waals surface area (Å²) in [6, 6.07) is 12.8. The van der Waals surface area contributed by atoms with Crippen LogP contribution in [0.3, 0.4) is 0 Å². The van der Waals surface area contributed by atoms with E-state index in [0.29, 0.717) is 43.2 Å². The quantitative estimate of drug-likeness (QED) is 0.606. The second kappa shape index (κ2) is 10.1. The summed E-state index contributed by atoms with van der Waals surface area (Å²) >= 11 is 0. The van der Waals surface area contributed by atoms with Crippen molar-refractivity contribution in [3.63, 3.8) is 0 Å². The van der Waals surface area contributed by atoms with Crippen LogP contribution in [0, 0.1) is 0 Å². The standard InChI is InChI=1S/C19H24N2O5S/c1-3-26-17-9-5-15(6-10-17)19(22)21-16-7-11-18(12-8-16)27(23,24)20-13-4-14-25-2/h5-12,20H,3-4,13-14H2,1-2H3,(H,21,22). The predicted octanol–water partition coefficient (Wildman–Crippen LogP) is 2.65. The van der Waals surface area contributed by atoms with E-state index in [1.54, 1.807) is 43.5 Å². The van der Waals surface area contributed by atoms with Crippen molar-refractivity contribution in [3.05, 3.63) is 54.1 Å². The first-order valence-electron chi connectivity index (χ1n) is 8.59. The maximum atomic E-state index is 12.3. The Kier molecular flexibility index (Phi) is 7.78. The van der Waals surface area contributed by atoms with Crippen LogP contribution < -0.4 is 14.8 Å². The molecule has 146 valence electrons. The van der Waals surface area contributed by atoms with Crippen molar-refractivity contribution in [1.29, 1.82) is 0 Å². The molecule has 2 aromatic carbocycles. The highest BCUT2D eigenvalue weighted by atomic mass is 32.2. The van der Waals surface area contributed by atoms with Gasteiger partial charge in [-0.2, -0.15) is 0 Å². The molecule has 0 radical (unpaired) electrons. The fraction of sp³-hybridized carbons (Fsp3) is 0.316. The smallest absolute Gasteiger partial charge is 0.255 e. The molecule has 2 rings (SSSR count). The topological polar surface area (TPSA) is 93.7 Å². The average molecular weight is 392 g/mol. The maximum absolute atomic E-state index is 12.3. The molecule has 7 nitrogen and oxygen atoms in total. The van der Waals surface area contributed by atoms with Gasteiger partial charge in [-0.1, -0.05) is 0 Å². The molecular formula is C19H24N2O5S. The zero-order chi connectivity index (χ0) is 19.7. The summed E-state index contributed by atoms with van der Waals surface area (Å²) in [5.74, 6) is 0.410. The monoisotopic (exact) mass is 392 g/mol. The number of nitrogens with one attached hydrogen (secondary N) is 2. The predicted molar refractivity (Wildman–Crippen MR) is 104 cm³/mol. The van der Waals surface area contributed by atoms with Crippen molar-refractivity contribution in [2.24, 2.45) is 0 Å². The highest BCUT2D eigenvalue weighted by Gasteiger charge is 2.13. The Hall–Kier alpha value is -2.42. The third-order valence-corrected chi connectivity index (χ3v) is 5.14. The minimum atomic E-state index is -3.58. The van der Waals surface area contributed by atoms with E-state index in [-0.39, 0.29) is 10.8 Å². The van der Waals surface area contributed by atoms with Gasteiger partial charge in [0.05, 0.1) is 11.5 Å². The first kappa shape index (κ1) is 20.9. The lowest BCUT2D eigenvalue weighted by molar-refractivity contribution is 0.102. The van der Waals surface area contributed by atoms with E-state index in [1.807, 2.05) is 6.92 Å². The first-order chi connectivity index (χ1) is 13.0. The highest BCUT2D eigenvalue weighted by Crippen LogP contribution is 2.16. The lowest BCUT2D eigenvalue weighted by atomic mass is 10.2. The molecule has 0 heterocycles. The number of benzene rings is 2. The van der Waals surface area contributed by atoms with E-state index in [9.17, 15) is 13.2 Å². The summed E-state index contributed by atoms with van der Waals surface area (Å²) in [6.45, 7) is 3.23. The lowest BCUT2D eigenvalue weighted by Gasteiger charge is -2.09. The molecule has 2 aromatic rings. The fourth-order valence-electron chi connectivity index (χ4n) is 2.30. The number of rotatable bonds is 10. The molecule has 0 bridgehead atoms. The molecule has 2 N–H and O–H groups in total. The van der Waals surface area contributed by atoms with E-state index in [1.165, 1.54) is 12.1 Å². The van der Waals surface area contributed by atoms with Crippen LogP contribution in [0.25, 0.3) is 0 Å². The largest absolute Gasteiger partial charge is 0.494 e. The number of hydrogen-bond donors (Lipinski definition) is 2. The van der Waals surface area contributed by atoms with Crippen LogP contribution in [0.1, 0.15) is 23.7 Å². The summed E-state index contributed by atoms with van der Waals surface area (Å²) in [5, 5.41) is 2.74. The lowest BCUT2D eigenvalue weighted by Crippen LogP contribution is -2.25. The first-order valence-corrected chi connectivity index (χ1v) is 10.1. The Morgan fingerprint density at radius 2 is 1.70 bits per heavy atom. The third-order valence-electron chi connectivity index (χ3n) is 3.67. The van der Waals surface area contributed by atoms with Crippen molar-refractivity contribution >= 4 is 21.6 Å². The van der Waals surface area contributed by atoms with Crippen LogP contribution >= 0.6 is 0 Å². The Morgan fingerprint density at radius 3 is 2.30 bits per heavy atom. The minimum Gasteiger partial charge on any atom is -0.494 e. The van der Waals surface area contributed by atoms with Crippen molar-refractivity contribution in [2.45, 2.75) is 18.2 Å². The van der Waals surface area contributed by atoms with Crippen molar-refractivity contribution < 1.29 is 22.7 Å². The molecule has 0 aliphatic rings. The maximum Gasteiger partial charge on any atom is 0.255 e. The third kappa shape index (κ3) is 6.35. The van der Waals surface area contributed by atoms with Gasteiger partial charge in [0.1, 0.15) is 5.75 Å². The Bertz CT molecular complexity index is 833. The van der Waals surface area contributed by atoms with Crippen LogP contribution in [0.4, 0.5) is 5.69 Å². The van der Waals surface area contributed by atoms with Gasteiger partial charge < -0.3 is 14.8 Å². The molecule has 0 fully saturated rings. The van der Waals surface area contributed by atoms with Crippen molar-refractivity contribution in [2.75, 3.05) is 32.2 Å². The van der Waals surface area contributed by atoms with Crippen molar-refractivity contribution in [3.8, 4) is 5.75 Å². The highest BCUT2D eigenvalue weighted by molar-refractivity contribution is 7.89. The van der Waals surface area contributed by atoms with Crippen LogP contribution in [0.5, 0.6) is 5.75 Å². The Balaban J connectivity index is 1.97. The fourth-order valence-corrected chi connectivity index (χ4v) is 3.37. The summed E-state index contributed by atoms with van der Waals surface area (Å²) in [6.07, 6.45) is 0.589. The van der Waals surface area contributed by atoms with Crippen LogP contribution in [-0.4, -0.2) is 41.2 Å². The number of hydrogen-bond acceptors (Lipinski definition) is 5. The van der Waals surface area contributed by atoms with Gasteiger partial charge in [-0.3, -0.25) is 4.79 Å². The van der Waals surface area contributed by atoms with E-state index < -0.39 is 10.0 Å². The van der Waals surface area contributed by atoms with Gasteiger partial charge in [-0.05, 0) is 61.9 Å². The van der Waals surface area contributed by atoms with Crippen LogP contribution in [0.15, 0.2) is 53.4 Å². The number of amides is 1. The zero-order valence-electron chi connectivity index (χ0n) is 15.4. The van der Waals surface area contributed by atoms with E-state index in [2.05, 4.69) is 10.0 Å². The minimum absolute atomic E-state index is 0.138. The van der Waals surface area contributed by atoms with E-state index in [0.717, 1.165) is 0 Å². The number of ether oxygens (including phenoxy) is 2. The molecular weight excluding hydrogens is 368 g/mol. The van der Waals surface area contributed by atoms with Gasteiger partial charge in [0.25, 0.3) is 5.91 Å². The number of sulfonamides is 1. The number of carbonyl (C=O) groups is 1. The molecule has 0 aromatic heterocycles. The number of carbonyl (C=O) groups excluding carboxylic acids is 1. The summed E-state index contributed by atoms with van der Waals surface area (Å²) in [7, 11) is -2.02. The molecule has 8 heteroatoms. The Labute approximate surface area is 159 Å². The molecule has 0 spiro atoms. The molecule has 0 saturated carbocycles. The number of methoxy groups -OCH3 is 1. The van der Waals surface area contributed by atoms with Crippen LogP contribution in [-0.2, 0) is 14.8 Å². The van der Waals surface area contributed by atoms with E-state index >= 15 is 0 Å². The average Bonchev–Trinajstić information content (AvgIpc) is 2.66. The van der Waals surface area contributed by atoms with E-state index in [4.69, 9.17) is 9.47 Å². The summed E-state index contributed by atoms with van der Waals surface area (Å²) in [4.78, 5) is 12.4. The summed E-state index contributed by atoms with van der Waals surface area (Å²) < 4.78 is 37.1. The number of anilines is 1. The molecule has 0 aliphatic heterocycles. The van der Waals surface area contributed by atoms with Gasteiger partial charge in [-0.15, -0.1) is 0 Å². The second-order valence-corrected chi connectivity index (χ2v) is 7.45. The Morgan fingerprint density at radius 1 is 1.04 bits per heavy atom. The molecule has 27 heavy (non-hydrogen) atoms. The molecule has 0 unspecified atom stereocenters. The van der Waals surface area contributed by atoms with Gasteiger partial charge in [0.2, 0.25) is 10.0 Å². The van der Waals surface area contributed by atoms with Gasteiger partial charge in [-0.25, -0.2) is 13.1 Å². The molecule has 0 saturated heterocycles. The summed E-state index contributed by atoms with van der Waals surface area (Å²) in [5.41, 5.74) is 0.988. The SMILES string of the molecule is CCOc1ccc(C(=O)Nc2ccc(S(=O)(=O)NCCCOC)cc2)cc1. The van der Waals surface area contributed by atoms with Gasteiger partial charge >= 0.3 is 0 Å².